The summed E-state index contributed by atoms with van der Waals surface area (Å²) in [5, 5.41) is 11.4. The molecule has 0 bridgehead atoms. The molecule has 0 radical (unpaired) electrons. The molecule has 0 aliphatic heterocycles. The van der Waals surface area contributed by atoms with Gasteiger partial charge in [-0.3, -0.25) is 9.59 Å². The van der Waals surface area contributed by atoms with Crippen LogP contribution in [-0.4, -0.2) is 22.5 Å². The molecule has 0 fully saturated rings. The fourth-order valence-corrected chi connectivity index (χ4v) is 1.12. The average Bonchev–Trinajstić information content (AvgIpc) is 2.13. The molecule has 1 amide bonds. The first-order valence-corrected chi connectivity index (χ1v) is 5.32. The third-order valence-electron chi connectivity index (χ3n) is 2.49. The third kappa shape index (κ3) is 6.10. The lowest BCUT2D eigenvalue weighted by Gasteiger charge is -2.27. The zero-order valence-electron chi connectivity index (χ0n) is 9.96. The zero-order chi connectivity index (χ0) is 12.1. The van der Waals surface area contributed by atoms with E-state index in [1.165, 1.54) is 0 Å². The normalized spacial score (nSPS) is 13.3. The Morgan fingerprint density at radius 3 is 2.33 bits per heavy atom. The number of hydrogen-bond donors (Lipinski definition) is 2. The molecule has 4 heteroatoms. The van der Waals surface area contributed by atoms with Crippen molar-refractivity contribution < 1.29 is 14.7 Å². The highest BCUT2D eigenvalue weighted by Crippen LogP contribution is 2.13. The van der Waals surface area contributed by atoms with E-state index in [-0.39, 0.29) is 18.2 Å². The molecule has 0 saturated heterocycles. The Kier molecular flexibility index (Phi) is 5.33. The number of aliphatic carboxylic acids is 1. The van der Waals surface area contributed by atoms with Crippen LogP contribution in [0.25, 0.3) is 0 Å². The van der Waals surface area contributed by atoms with Crippen LogP contribution in [0.3, 0.4) is 0 Å². The Bertz CT molecular complexity index is 236. The number of carboxylic acid groups (broad SMARTS) is 1. The minimum atomic E-state index is -0.833. The molecule has 1 atom stereocenters. The zero-order valence-corrected chi connectivity index (χ0v) is 9.96. The van der Waals surface area contributed by atoms with Crippen molar-refractivity contribution in [3.8, 4) is 0 Å². The van der Waals surface area contributed by atoms with Crippen LogP contribution < -0.4 is 5.32 Å². The van der Waals surface area contributed by atoms with Gasteiger partial charge in [-0.1, -0.05) is 13.8 Å². The summed E-state index contributed by atoms with van der Waals surface area (Å²) in [6.45, 7) is 7.50. The molecule has 0 aliphatic carbocycles. The molecule has 88 valence electrons. The SMILES string of the molecule is CCC(C)C(=O)NC(C)(C)CCC(=O)O. The first kappa shape index (κ1) is 13.9. The highest BCUT2D eigenvalue weighted by Gasteiger charge is 2.23. The Morgan fingerprint density at radius 1 is 1.40 bits per heavy atom. The van der Waals surface area contributed by atoms with Gasteiger partial charge in [0.1, 0.15) is 0 Å². The third-order valence-corrected chi connectivity index (χ3v) is 2.49. The Balaban J connectivity index is 4.12. The second-order valence-electron chi connectivity index (χ2n) is 4.58. The molecular formula is C11H21NO3. The van der Waals surface area contributed by atoms with Crippen molar-refractivity contribution in [3.05, 3.63) is 0 Å². The Hall–Kier alpha value is -1.06. The summed E-state index contributed by atoms with van der Waals surface area (Å²) in [5.74, 6) is -0.858. The standard InChI is InChI=1S/C11H21NO3/c1-5-8(2)10(15)12-11(3,4)7-6-9(13)14/h8H,5-7H2,1-4H3,(H,12,15)(H,13,14). The number of nitrogens with one attached hydrogen (secondary N) is 1. The molecule has 0 saturated carbocycles. The summed E-state index contributed by atoms with van der Waals surface area (Å²) < 4.78 is 0. The van der Waals surface area contributed by atoms with Crippen LogP contribution in [0.5, 0.6) is 0 Å². The van der Waals surface area contributed by atoms with E-state index in [1.807, 2.05) is 27.7 Å². The summed E-state index contributed by atoms with van der Waals surface area (Å²) in [6.07, 6.45) is 1.32. The summed E-state index contributed by atoms with van der Waals surface area (Å²) >= 11 is 0. The van der Waals surface area contributed by atoms with E-state index in [0.29, 0.717) is 6.42 Å². The smallest absolute Gasteiger partial charge is 0.303 e. The van der Waals surface area contributed by atoms with Crippen LogP contribution in [-0.2, 0) is 9.59 Å². The first-order chi connectivity index (χ1) is 6.78. The summed E-state index contributed by atoms with van der Waals surface area (Å²) in [7, 11) is 0. The van der Waals surface area contributed by atoms with Crippen LogP contribution in [0, 0.1) is 5.92 Å². The molecule has 0 aromatic carbocycles. The maximum absolute atomic E-state index is 11.6. The van der Waals surface area contributed by atoms with Crippen molar-refractivity contribution in [1.29, 1.82) is 0 Å². The number of amides is 1. The van der Waals surface area contributed by atoms with Gasteiger partial charge < -0.3 is 10.4 Å². The van der Waals surface area contributed by atoms with Gasteiger partial charge in [0.2, 0.25) is 5.91 Å². The first-order valence-electron chi connectivity index (χ1n) is 5.32. The number of carboxylic acids is 1. The van der Waals surface area contributed by atoms with Crippen molar-refractivity contribution in [2.24, 2.45) is 5.92 Å². The van der Waals surface area contributed by atoms with Crippen molar-refractivity contribution in [2.75, 3.05) is 0 Å². The fourth-order valence-electron chi connectivity index (χ4n) is 1.12. The monoisotopic (exact) mass is 215 g/mol. The van der Waals surface area contributed by atoms with E-state index >= 15 is 0 Å². The van der Waals surface area contributed by atoms with Gasteiger partial charge in [-0.05, 0) is 26.7 Å². The second kappa shape index (κ2) is 5.73. The number of carbonyl (C=O) groups is 2. The Labute approximate surface area is 91.1 Å². The number of carbonyl (C=O) groups excluding carboxylic acids is 1. The minimum absolute atomic E-state index is 0.00658. The fraction of sp³-hybridized carbons (Fsp3) is 0.818. The Morgan fingerprint density at radius 2 is 1.93 bits per heavy atom. The molecule has 15 heavy (non-hydrogen) atoms. The topological polar surface area (TPSA) is 66.4 Å². The predicted molar refractivity (Wildman–Crippen MR) is 58.5 cm³/mol. The minimum Gasteiger partial charge on any atom is -0.481 e. The molecule has 0 aromatic rings. The van der Waals surface area contributed by atoms with Crippen molar-refractivity contribution in [3.63, 3.8) is 0 Å². The van der Waals surface area contributed by atoms with E-state index < -0.39 is 11.5 Å². The van der Waals surface area contributed by atoms with Gasteiger partial charge in [-0.15, -0.1) is 0 Å². The van der Waals surface area contributed by atoms with Gasteiger partial charge in [0.05, 0.1) is 0 Å². The highest BCUT2D eigenvalue weighted by molar-refractivity contribution is 5.79. The lowest BCUT2D eigenvalue weighted by molar-refractivity contribution is -0.138. The van der Waals surface area contributed by atoms with E-state index in [0.717, 1.165) is 6.42 Å². The molecule has 0 aliphatic rings. The quantitative estimate of drug-likeness (QED) is 0.710. The molecule has 0 aromatic heterocycles. The summed E-state index contributed by atoms with van der Waals surface area (Å²) in [4.78, 5) is 22.0. The van der Waals surface area contributed by atoms with Crippen LogP contribution >= 0.6 is 0 Å². The predicted octanol–water partition coefficient (Wildman–Crippen LogP) is 1.79. The van der Waals surface area contributed by atoms with Gasteiger partial charge >= 0.3 is 5.97 Å². The average molecular weight is 215 g/mol. The summed E-state index contributed by atoms with van der Waals surface area (Å²) in [6, 6.07) is 0. The molecular weight excluding hydrogens is 194 g/mol. The van der Waals surface area contributed by atoms with E-state index in [9.17, 15) is 9.59 Å². The van der Waals surface area contributed by atoms with Crippen LogP contribution in [0.15, 0.2) is 0 Å². The summed E-state index contributed by atoms with van der Waals surface area (Å²) in [5.41, 5.74) is -0.446. The van der Waals surface area contributed by atoms with E-state index in [4.69, 9.17) is 5.11 Å². The molecule has 4 nitrogen and oxygen atoms in total. The number of rotatable bonds is 6. The van der Waals surface area contributed by atoms with Gasteiger partial charge in [-0.25, -0.2) is 0 Å². The van der Waals surface area contributed by atoms with Gasteiger partial charge in [0.25, 0.3) is 0 Å². The van der Waals surface area contributed by atoms with E-state index in [2.05, 4.69) is 5.32 Å². The molecule has 2 N–H and O–H groups in total. The number of hydrogen-bond acceptors (Lipinski definition) is 2. The molecule has 0 heterocycles. The molecule has 0 rings (SSSR count). The van der Waals surface area contributed by atoms with Crippen LogP contribution in [0.1, 0.15) is 47.0 Å². The molecule has 0 spiro atoms. The van der Waals surface area contributed by atoms with Crippen molar-refractivity contribution >= 4 is 11.9 Å². The lowest BCUT2D eigenvalue weighted by atomic mass is 9.96. The van der Waals surface area contributed by atoms with Crippen molar-refractivity contribution in [1.82, 2.24) is 5.32 Å². The molecule has 1 unspecified atom stereocenters. The van der Waals surface area contributed by atoms with Crippen LogP contribution in [0.4, 0.5) is 0 Å². The second-order valence-corrected chi connectivity index (χ2v) is 4.58. The largest absolute Gasteiger partial charge is 0.481 e. The maximum Gasteiger partial charge on any atom is 0.303 e. The maximum atomic E-state index is 11.6. The van der Waals surface area contributed by atoms with Crippen molar-refractivity contribution in [2.45, 2.75) is 52.5 Å². The van der Waals surface area contributed by atoms with Gasteiger partial charge in [0, 0.05) is 17.9 Å². The lowest BCUT2D eigenvalue weighted by Crippen LogP contribution is -2.45. The van der Waals surface area contributed by atoms with Gasteiger partial charge in [-0.2, -0.15) is 0 Å². The van der Waals surface area contributed by atoms with Gasteiger partial charge in [0.15, 0.2) is 0 Å². The van der Waals surface area contributed by atoms with E-state index in [1.54, 1.807) is 0 Å². The highest BCUT2D eigenvalue weighted by atomic mass is 16.4. The van der Waals surface area contributed by atoms with Crippen LogP contribution in [0.2, 0.25) is 0 Å².